The van der Waals surface area contributed by atoms with Crippen molar-refractivity contribution in [1.29, 1.82) is 0 Å². The summed E-state index contributed by atoms with van der Waals surface area (Å²) in [7, 11) is 0. The first-order valence-corrected chi connectivity index (χ1v) is 9.95. The molecule has 0 spiro atoms. The Kier molecular flexibility index (Phi) is 5.32. The standard InChI is InChI=1S/C22H25NO6/c1-13(2)20(24)27-9-10-28-21(25)17-12-15-11-14-5-3-7-23-8-4-6-16(18(14)23)19(15)29-22(17)26/h11-12,22,26H,1,3-10H2,2H3. The third-order valence-electron chi connectivity index (χ3n) is 5.44. The van der Waals surface area contributed by atoms with E-state index < -0.39 is 18.2 Å². The SMILES string of the molecule is C=C(C)C(=O)OCCOC(=O)C1=Cc2cc3c4c(c2OC1O)CCCN4CCC3. The van der Waals surface area contributed by atoms with Gasteiger partial charge in [0.05, 0.1) is 0 Å². The molecule has 1 unspecified atom stereocenters. The molecule has 29 heavy (non-hydrogen) atoms. The number of aliphatic hydroxyl groups is 1. The zero-order valence-corrected chi connectivity index (χ0v) is 16.5. The summed E-state index contributed by atoms with van der Waals surface area (Å²) in [6.07, 6.45) is 4.31. The molecule has 1 aromatic carbocycles. The predicted octanol–water partition coefficient (Wildman–Crippen LogP) is 2.14. The number of hydrogen-bond donors (Lipinski definition) is 1. The van der Waals surface area contributed by atoms with E-state index in [0.29, 0.717) is 5.75 Å². The molecule has 154 valence electrons. The molecule has 0 fully saturated rings. The fourth-order valence-electron chi connectivity index (χ4n) is 4.15. The Bertz CT molecular complexity index is 901. The highest BCUT2D eigenvalue weighted by molar-refractivity contribution is 5.96. The number of carbonyl (C=O) groups is 2. The van der Waals surface area contributed by atoms with Crippen LogP contribution in [0, 0.1) is 0 Å². The minimum absolute atomic E-state index is 0.0411. The summed E-state index contributed by atoms with van der Waals surface area (Å²) in [5.74, 6) is -0.569. The van der Waals surface area contributed by atoms with E-state index >= 15 is 0 Å². The summed E-state index contributed by atoms with van der Waals surface area (Å²) in [5.41, 5.74) is 4.75. The largest absolute Gasteiger partial charge is 0.460 e. The molecule has 0 saturated heterocycles. The van der Waals surface area contributed by atoms with Gasteiger partial charge in [-0.15, -0.1) is 0 Å². The Hall–Kier alpha value is -2.80. The fraction of sp³-hybridized carbons (Fsp3) is 0.455. The van der Waals surface area contributed by atoms with Crippen molar-refractivity contribution in [2.45, 2.75) is 38.9 Å². The van der Waals surface area contributed by atoms with Gasteiger partial charge in [0, 0.05) is 35.5 Å². The van der Waals surface area contributed by atoms with Crippen LogP contribution in [0.3, 0.4) is 0 Å². The number of aliphatic hydroxyl groups excluding tert-OH is 1. The van der Waals surface area contributed by atoms with Gasteiger partial charge in [-0.1, -0.05) is 6.58 Å². The molecular formula is C22H25NO6. The quantitative estimate of drug-likeness (QED) is 0.461. The lowest BCUT2D eigenvalue weighted by molar-refractivity contribution is -0.149. The highest BCUT2D eigenvalue weighted by Crippen LogP contribution is 2.45. The van der Waals surface area contributed by atoms with Crippen LogP contribution in [0.15, 0.2) is 23.8 Å². The normalized spacial score (nSPS) is 19.3. The van der Waals surface area contributed by atoms with Crippen molar-refractivity contribution in [1.82, 2.24) is 0 Å². The Morgan fingerprint density at radius 2 is 1.97 bits per heavy atom. The lowest BCUT2D eigenvalue weighted by Crippen LogP contribution is -2.36. The number of fused-ring (bicyclic) bond motifs is 2. The molecule has 7 heteroatoms. The van der Waals surface area contributed by atoms with Gasteiger partial charge < -0.3 is 24.2 Å². The van der Waals surface area contributed by atoms with E-state index in [-0.39, 0.29) is 24.4 Å². The predicted molar refractivity (Wildman–Crippen MR) is 107 cm³/mol. The van der Waals surface area contributed by atoms with Crippen molar-refractivity contribution in [3.8, 4) is 5.75 Å². The van der Waals surface area contributed by atoms with Gasteiger partial charge in [-0.05, 0) is 50.3 Å². The second-order valence-electron chi connectivity index (χ2n) is 7.60. The van der Waals surface area contributed by atoms with Gasteiger partial charge in [0.25, 0.3) is 0 Å². The fourth-order valence-corrected chi connectivity index (χ4v) is 4.15. The van der Waals surface area contributed by atoms with Gasteiger partial charge in [0.2, 0.25) is 6.29 Å². The van der Waals surface area contributed by atoms with Crippen LogP contribution in [-0.2, 0) is 31.9 Å². The van der Waals surface area contributed by atoms with Gasteiger partial charge >= 0.3 is 11.9 Å². The molecular weight excluding hydrogens is 374 g/mol. The number of esters is 2. The smallest absolute Gasteiger partial charge is 0.340 e. The molecule has 1 aromatic rings. The van der Waals surface area contributed by atoms with E-state index in [1.807, 2.05) is 0 Å². The molecule has 1 atom stereocenters. The summed E-state index contributed by atoms with van der Waals surface area (Å²) in [6, 6.07) is 2.06. The number of anilines is 1. The number of ether oxygens (including phenoxy) is 3. The average Bonchev–Trinajstić information content (AvgIpc) is 2.71. The van der Waals surface area contributed by atoms with Crippen LogP contribution in [0.5, 0.6) is 5.75 Å². The van der Waals surface area contributed by atoms with Crippen molar-refractivity contribution in [2.75, 3.05) is 31.2 Å². The van der Waals surface area contributed by atoms with Gasteiger partial charge in [0.1, 0.15) is 24.5 Å². The van der Waals surface area contributed by atoms with Crippen molar-refractivity contribution >= 4 is 23.7 Å². The molecule has 3 aliphatic heterocycles. The summed E-state index contributed by atoms with van der Waals surface area (Å²) in [6.45, 7) is 6.93. The number of aryl methyl sites for hydroxylation is 1. The van der Waals surface area contributed by atoms with Crippen LogP contribution in [0.4, 0.5) is 5.69 Å². The van der Waals surface area contributed by atoms with E-state index in [0.717, 1.165) is 49.9 Å². The highest BCUT2D eigenvalue weighted by atomic mass is 16.6. The summed E-state index contributed by atoms with van der Waals surface area (Å²) < 4.78 is 15.8. The van der Waals surface area contributed by atoms with Crippen molar-refractivity contribution in [3.63, 3.8) is 0 Å². The summed E-state index contributed by atoms with van der Waals surface area (Å²) in [5, 5.41) is 10.4. The maximum atomic E-state index is 12.4. The van der Waals surface area contributed by atoms with E-state index in [1.165, 1.54) is 18.2 Å². The lowest BCUT2D eigenvalue weighted by atomic mass is 9.88. The van der Waals surface area contributed by atoms with E-state index in [1.54, 1.807) is 6.08 Å². The molecule has 4 rings (SSSR count). The van der Waals surface area contributed by atoms with Gasteiger partial charge in [-0.3, -0.25) is 0 Å². The maximum absolute atomic E-state index is 12.4. The zero-order chi connectivity index (χ0) is 20.5. The molecule has 3 aliphatic rings. The Labute approximate surface area is 169 Å². The molecule has 7 nitrogen and oxygen atoms in total. The topological polar surface area (TPSA) is 85.3 Å². The summed E-state index contributed by atoms with van der Waals surface area (Å²) >= 11 is 0. The molecule has 0 aromatic heterocycles. The van der Waals surface area contributed by atoms with Crippen molar-refractivity contribution in [3.05, 3.63) is 40.5 Å². The first-order chi connectivity index (χ1) is 14.0. The number of benzene rings is 1. The van der Waals surface area contributed by atoms with Crippen LogP contribution in [0.2, 0.25) is 0 Å². The highest BCUT2D eigenvalue weighted by Gasteiger charge is 2.33. The van der Waals surface area contributed by atoms with Crippen LogP contribution in [0.1, 0.15) is 36.5 Å². The molecule has 3 heterocycles. The minimum atomic E-state index is -1.39. The molecule has 0 bridgehead atoms. The van der Waals surface area contributed by atoms with Crippen molar-refractivity contribution < 1.29 is 28.9 Å². The molecule has 0 saturated carbocycles. The third kappa shape index (κ3) is 3.74. The molecule has 0 amide bonds. The third-order valence-corrected chi connectivity index (χ3v) is 5.44. The second-order valence-corrected chi connectivity index (χ2v) is 7.60. The molecule has 0 aliphatic carbocycles. The Morgan fingerprint density at radius 3 is 2.72 bits per heavy atom. The lowest BCUT2D eigenvalue weighted by Gasteiger charge is -2.39. The van der Waals surface area contributed by atoms with E-state index in [9.17, 15) is 14.7 Å². The van der Waals surface area contributed by atoms with Gasteiger partial charge in [-0.25, -0.2) is 9.59 Å². The first-order valence-electron chi connectivity index (χ1n) is 9.95. The average molecular weight is 399 g/mol. The number of rotatable bonds is 5. The first kappa shape index (κ1) is 19.5. The Balaban J connectivity index is 1.52. The maximum Gasteiger partial charge on any atom is 0.340 e. The minimum Gasteiger partial charge on any atom is -0.460 e. The van der Waals surface area contributed by atoms with Gasteiger partial charge in [-0.2, -0.15) is 0 Å². The van der Waals surface area contributed by atoms with Crippen LogP contribution < -0.4 is 9.64 Å². The number of carbonyl (C=O) groups excluding carboxylic acids is 2. The monoisotopic (exact) mass is 399 g/mol. The van der Waals surface area contributed by atoms with Gasteiger partial charge in [0.15, 0.2) is 0 Å². The number of nitrogens with zero attached hydrogens (tertiary/aromatic N) is 1. The van der Waals surface area contributed by atoms with Crippen LogP contribution >= 0.6 is 0 Å². The second kappa shape index (κ2) is 7.91. The van der Waals surface area contributed by atoms with E-state index in [2.05, 4.69) is 17.5 Å². The molecule has 0 radical (unpaired) electrons. The van der Waals surface area contributed by atoms with Crippen LogP contribution in [-0.4, -0.2) is 49.6 Å². The molecule has 1 N–H and O–H groups in total. The van der Waals surface area contributed by atoms with Crippen molar-refractivity contribution in [2.24, 2.45) is 0 Å². The zero-order valence-electron chi connectivity index (χ0n) is 16.5. The Morgan fingerprint density at radius 1 is 1.24 bits per heavy atom. The van der Waals surface area contributed by atoms with E-state index in [4.69, 9.17) is 14.2 Å². The van der Waals surface area contributed by atoms with Crippen LogP contribution in [0.25, 0.3) is 6.08 Å². The number of hydrogen-bond acceptors (Lipinski definition) is 7. The summed E-state index contributed by atoms with van der Waals surface area (Å²) in [4.78, 5) is 26.1.